The minimum atomic E-state index is 0.174. The Labute approximate surface area is 94.9 Å². The normalized spacial score (nSPS) is 15.4. The van der Waals surface area contributed by atoms with Crippen molar-refractivity contribution >= 4 is 5.91 Å². The van der Waals surface area contributed by atoms with E-state index in [0.717, 1.165) is 31.8 Å². The van der Waals surface area contributed by atoms with Crippen LogP contribution in [0.4, 0.5) is 0 Å². The van der Waals surface area contributed by atoms with Gasteiger partial charge in [0.1, 0.15) is 5.82 Å². The van der Waals surface area contributed by atoms with Crippen LogP contribution < -0.4 is 5.32 Å². The summed E-state index contributed by atoms with van der Waals surface area (Å²) in [6.45, 7) is 2.73. The molecule has 1 aliphatic rings. The van der Waals surface area contributed by atoms with Crippen LogP contribution in [-0.2, 0) is 11.3 Å². The van der Waals surface area contributed by atoms with Gasteiger partial charge in [0.2, 0.25) is 5.91 Å². The molecule has 0 bridgehead atoms. The third-order valence-electron chi connectivity index (χ3n) is 2.64. The second-order valence-electron chi connectivity index (χ2n) is 3.86. The Morgan fingerprint density at radius 2 is 2.00 bits per heavy atom. The van der Waals surface area contributed by atoms with E-state index in [-0.39, 0.29) is 5.91 Å². The van der Waals surface area contributed by atoms with E-state index in [9.17, 15) is 4.79 Å². The highest BCUT2D eigenvalue weighted by molar-refractivity contribution is 5.78. The highest BCUT2D eigenvalue weighted by Crippen LogP contribution is 2.06. The van der Waals surface area contributed by atoms with Crippen LogP contribution in [0, 0.1) is 0 Å². The molecule has 0 spiro atoms. The lowest BCUT2D eigenvalue weighted by Gasteiger charge is -2.15. The summed E-state index contributed by atoms with van der Waals surface area (Å²) >= 11 is 0. The Morgan fingerprint density at radius 1 is 1.31 bits per heavy atom. The summed E-state index contributed by atoms with van der Waals surface area (Å²) in [5.74, 6) is 0.894. The average molecular weight is 220 g/mol. The highest BCUT2D eigenvalue weighted by atomic mass is 16.2. The number of amides is 1. The Hall–Kier alpha value is -1.49. The molecule has 86 valence electrons. The van der Waals surface area contributed by atoms with Crippen molar-refractivity contribution in [3.8, 4) is 0 Å². The van der Waals surface area contributed by atoms with Crippen LogP contribution in [0.1, 0.15) is 18.7 Å². The zero-order valence-electron chi connectivity index (χ0n) is 9.22. The fourth-order valence-corrected chi connectivity index (χ4v) is 1.78. The van der Waals surface area contributed by atoms with Crippen molar-refractivity contribution in [2.45, 2.75) is 19.4 Å². The first-order chi connectivity index (χ1) is 7.86. The molecule has 1 fully saturated rings. The minimum absolute atomic E-state index is 0.174. The van der Waals surface area contributed by atoms with Crippen LogP contribution in [0.15, 0.2) is 18.5 Å². The molecule has 0 aromatic carbocycles. The van der Waals surface area contributed by atoms with Crippen molar-refractivity contribution in [3.05, 3.63) is 24.3 Å². The number of rotatable bonds is 4. The molecule has 1 aliphatic heterocycles. The highest BCUT2D eigenvalue weighted by Gasteiger charge is 2.16. The molecule has 5 heteroatoms. The summed E-state index contributed by atoms with van der Waals surface area (Å²) in [5, 5.41) is 3.06. The number of nitrogens with one attached hydrogen (secondary N) is 1. The summed E-state index contributed by atoms with van der Waals surface area (Å²) in [4.78, 5) is 21.7. The van der Waals surface area contributed by atoms with Crippen molar-refractivity contribution in [2.24, 2.45) is 0 Å². The second-order valence-corrected chi connectivity index (χ2v) is 3.86. The number of carbonyl (C=O) groups is 1. The number of likely N-dealkylation sites (tertiary alicyclic amines) is 1. The SMILES string of the molecule is O=C(CNCc1ncccn1)N1CCCC1. The van der Waals surface area contributed by atoms with E-state index >= 15 is 0 Å². The number of carbonyl (C=O) groups excluding carboxylic acids is 1. The predicted molar refractivity (Wildman–Crippen MR) is 59.6 cm³/mol. The third kappa shape index (κ3) is 3.00. The fourth-order valence-electron chi connectivity index (χ4n) is 1.78. The molecule has 1 aromatic heterocycles. The smallest absolute Gasteiger partial charge is 0.236 e. The Kier molecular flexibility index (Phi) is 3.82. The zero-order valence-corrected chi connectivity index (χ0v) is 9.22. The van der Waals surface area contributed by atoms with Gasteiger partial charge in [-0.2, -0.15) is 0 Å². The maximum absolute atomic E-state index is 11.7. The van der Waals surface area contributed by atoms with Crippen LogP contribution in [0.25, 0.3) is 0 Å². The molecule has 0 unspecified atom stereocenters. The molecule has 1 N–H and O–H groups in total. The van der Waals surface area contributed by atoms with Gasteiger partial charge >= 0.3 is 0 Å². The summed E-state index contributed by atoms with van der Waals surface area (Å²) in [6.07, 6.45) is 5.67. The lowest BCUT2D eigenvalue weighted by atomic mass is 10.4. The first-order valence-electron chi connectivity index (χ1n) is 5.60. The van der Waals surface area contributed by atoms with E-state index in [1.165, 1.54) is 0 Å². The van der Waals surface area contributed by atoms with Crippen molar-refractivity contribution in [1.29, 1.82) is 0 Å². The largest absolute Gasteiger partial charge is 0.342 e. The maximum Gasteiger partial charge on any atom is 0.236 e. The predicted octanol–water partition coefficient (Wildman–Crippen LogP) is 0.189. The molecule has 5 nitrogen and oxygen atoms in total. The molecule has 0 radical (unpaired) electrons. The molecule has 1 saturated heterocycles. The van der Waals surface area contributed by atoms with Crippen LogP contribution >= 0.6 is 0 Å². The maximum atomic E-state index is 11.7. The number of hydrogen-bond donors (Lipinski definition) is 1. The number of hydrogen-bond acceptors (Lipinski definition) is 4. The van der Waals surface area contributed by atoms with Gasteiger partial charge in [0.15, 0.2) is 0 Å². The van der Waals surface area contributed by atoms with E-state index in [4.69, 9.17) is 0 Å². The Morgan fingerprint density at radius 3 is 2.69 bits per heavy atom. The zero-order chi connectivity index (χ0) is 11.2. The van der Waals surface area contributed by atoms with E-state index in [0.29, 0.717) is 13.1 Å². The average Bonchev–Trinajstić information content (AvgIpc) is 2.84. The lowest BCUT2D eigenvalue weighted by Crippen LogP contribution is -2.36. The summed E-state index contributed by atoms with van der Waals surface area (Å²) in [5.41, 5.74) is 0. The van der Waals surface area contributed by atoms with Crippen LogP contribution in [0.2, 0.25) is 0 Å². The van der Waals surface area contributed by atoms with Gasteiger partial charge in [-0.15, -0.1) is 0 Å². The molecule has 0 atom stereocenters. The molecule has 2 rings (SSSR count). The van der Waals surface area contributed by atoms with Gasteiger partial charge in [-0.05, 0) is 18.9 Å². The summed E-state index contributed by atoms with van der Waals surface area (Å²) in [6, 6.07) is 1.78. The van der Waals surface area contributed by atoms with Gasteiger partial charge in [0.05, 0.1) is 13.1 Å². The van der Waals surface area contributed by atoms with Gasteiger partial charge in [-0.1, -0.05) is 0 Å². The van der Waals surface area contributed by atoms with Gasteiger partial charge in [-0.3, -0.25) is 4.79 Å². The first-order valence-corrected chi connectivity index (χ1v) is 5.60. The topological polar surface area (TPSA) is 58.1 Å². The van der Waals surface area contributed by atoms with Crippen LogP contribution in [0.5, 0.6) is 0 Å². The third-order valence-corrected chi connectivity index (χ3v) is 2.64. The van der Waals surface area contributed by atoms with E-state index < -0.39 is 0 Å². The lowest BCUT2D eigenvalue weighted by molar-refractivity contribution is -0.129. The Bertz CT molecular complexity index is 335. The molecule has 16 heavy (non-hydrogen) atoms. The van der Waals surface area contributed by atoms with E-state index in [2.05, 4.69) is 15.3 Å². The number of nitrogens with zero attached hydrogens (tertiary/aromatic N) is 3. The van der Waals surface area contributed by atoms with E-state index in [1.807, 2.05) is 4.90 Å². The fraction of sp³-hybridized carbons (Fsp3) is 0.545. The van der Waals surface area contributed by atoms with Crippen LogP contribution in [-0.4, -0.2) is 40.4 Å². The first kappa shape index (κ1) is 11.0. The molecule has 1 aromatic rings. The van der Waals surface area contributed by atoms with Gasteiger partial charge in [0.25, 0.3) is 0 Å². The van der Waals surface area contributed by atoms with Gasteiger partial charge in [0, 0.05) is 25.5 Å². The van der Waals surface area contributed by atoms with Gasteiger partial charge < -0.3 is 10.2 Å². The Balaban J connectivity index is 1.70. The van der Waals surface area contributed by atoms with Gasteiger partial charge in [-0.25, -0.2) is 9.97 Å². The van der Waals surface area contributed by atoms with Crippen molar-refractivity contribution in [1.82, 2.24) is 20.2 Å². The molecular weight excluding hydrogens is 204 g/mol. The monoisotopic (exact) mass is 220 g/mol. The number of aromatic nitrogens is 2. The van der Waals surface area contributed by atoms with Crippen molar-refractivity contribution in [3.63, 3.8) is 0 Å². The summed E-state index contributed by atoms with van der Waals surface area (Å²) < 4.78 is 0. The van der Waals surface area contributed by atoms with E-state index in [1.54, 1.807) is 18.5 Å². The molecular formula is C11H16N4O. The molecule has 0 saturated carbocycles. The van der Waals surface area contributed by atoms with Crippen molar-refractivity contribution in [2.75, 3.05) is 19.6 Å². The molecule has 2 heterocycles. The standard InChI is InChI=1S/C11H16N4O/c16-11(15-6-1-2-7-15)9-12-8-10-13-4-3-5-14-10/h3-5,12H,1-2,6-9H2. The quantitative estimate of drug-likeness (QED) is 0.787. The van der Waals surface area contributed by atoms with Crippen molar-refractivity contribution < 1.29 is 4.79 Å². The molecule has 1 amide bonds. The minimum Gasteiger partial charge on any atom is -0.342 e. The molecule has 0 aliphatic carbocycles. The van der Waals surface area contributed by atoms with Crippen LogP contribution in [0.3, 0.4) is 0 Å². The second kappa shape index (κ2) is 5.55. The summed E-state index contributed by atoms with van der Waals surface area (Å²) in [7, 11) is 0.